The van der Waals surface area contributed by atoms with E-state index in [9.17, 15) is 9.59 Å². The average molecular weight is 359 g/mol. The monoisotopic (exact) mass is 359 g/mol. The number of nitrogens with zero attached hydrogens (tertiary/aromatic N) is 1. The number of rotatable bonds is 5. The third-order valence-corrected chi connectivity index (χ3v) is 5.62. The summed E-state index contributed by atoms with van der Waals surface area (Å²) < 4.78 is 1.08. The van der Waals surface area contributed by atoms with Crippen LogP contribution in [-0.4, -0.2) is 23.3 Å². The van der Waals surface area contributed by atoms with E-state index in [2.05, 4.69) is 34.7 Å². The fourth-order valence-corrected chi connectivity index (χ4v) is 4.47. The van der Waals surface area contributed by atoms with Crippen LogP contribution < -0.4 is 10.6 Å². The Morgan fingerprint density at radius 1 is 1.20 bits per heavy atom. The molecule has 2 N–H and O–H groups in total. The maximum absolute atomic E-state index is 12.1. The summed E-state index contributed by atoms with van der Waals surface area (Å²) in [5.74, 6) is 0.114. The molecule has 1 aliphatic rings. The minimum Gasteiger partial charge on any atom is -0.355 e. The zero-order chi connectivity index (χ0) is 17.8. The van der Waals surface area contributed by atoms with Gasteiger partial charge in [0.15, 0.2) is 5.13 Å². The zero-order valence-corrected chi connectivity index (χ0v) is 15.7. The van der Waals surface area contributed by atoms with E-state index in [4.69, 9.17) is 0 Å². The molecule has 0 atom stereocenters. The molecule has 1 aromatic carbocycles. The van der Waals surface area contributed by atoms with Gasteiger partial charge in [-0.05, 0) is 43.9 Å². The number of fused-ring (bicyclic) bond motifs is 1. The van der Waals surface area contributed by atoms with E-state index in [1.54, 1.807) is 0 Å². The predicted octanol–water partition coefficient (Wildman–Crippen LogP) is 3.94. The molecule has 25 heavy (non-hydrogen) atoms. The van der Waals surface area contributed by atoms with Crippen molar-refractivity contribution in [1.82, 2.24) is 10.3 Å². The predicted molar refractivity (Wildman–Crippen MR) is 102 cm³/mol. The SMILES string of the molecule is Cc1cc(C)c2nc(NC(=O)CCNC(=O)C3CCCCC3)sc2c1. The molecule has 1 fully saturated rings. The lowest BCUT2D eigenvalue weighted by atomic mass is 9.89. The first kappa shape index (κ1) is 17.9. The molecule has 0 bridgehead atoms. The van der Waals surface area contributed by atoms with E-state index in [-0.39, 0.29) is 24.2 Å². The lowest BCUT2D eigenvalue weighted by Gasteiger charge is -2.20. The molecule has 1 saturated carbocycles. The van der Waals surface area contributed by atoms with E-state index in [0.29, 0.717) is 11.7 Å². The molecule has 0 radical (unpaired) electrons. The number of hydrogen-bond acceptors (Lipinski definition) is 4. The van der Waals surface area contributed by atoms with Gasteiger partial charge in [-0.15, -0.1) is 0 Å². The molecular formula is C19H25N3O2S. The van der Waals surface area contributed by atoms with Gasteiger partial charge in [-0.1, -0.05) is 36.7 Å². The minimum atomic E-state index is -0.114. The van der Waals surface area contributed by atoms with Crippen molar-refractivity contribution >= 4 is 38.5 Å². The van der Waals surface area contributed by atoms with Crippen LogP contribution in [0.25, 0.3) is 10.2 Å². The number of benzene rings is 1. The molecule has 0 saturated heterocycles. The highest BCUT2D eigenvalue weighted by atomic mass is 32.1. The summed E-state index contributed by atoms with van der Waals surface area (Å²) >= 11 is 1.49. The van der Waals surface area contributed by atoms with Gasteiger partial charge in [0, 0.05) is 18.9 Å². The van der Waals surface area contributed by atoms with Crippen molar-refractivity contribution in [2.75, 3.05) is 11.9 Å². The first-order valence-electron chi connectivity index (χ1n) is 8.98. The molecular weight excluding hydrogens is 334 g/mol. The van der Waals surface area contributed by atoms with Gasteiger partial charge in [0.25, 0.3) is 0 Å². The Morgan fingerprint density at radius 2 is 1.96 bits per heavy atom. The third-order valence-electron chi connectivity index (χ3n) is 4.70. The number of amides is 2. The average Bonchev–Trinajstić information content (AvgIpc) is 2.98. The molecule has 1 heterocycles. The molecule has 6 heteroatoms. The van der Waals surface area contributed by atoms with E-state index in [0.717, 1.165) is 41.5 Å². The van der Waals surface area contributed by atoms with Gasteiger partial charge in [-0.3, -0.25) is 9.59 Å². The Labute approximate surface area is 152 Å². The van der Waals surface area contributed by atoms with Gasteiger partial charge in [0.2, 0.25) is 11.8 Å². The fraction of sp³-hybridized carbons (Fsp3) is 0.526. The first-order chi connectivity index (χ1) is 12.0. The Hall–Kier alpha value is -1.95. The van der Waals surface area contributed by atoms with E-state index in [1.165, 1.54) is 23.3 Å². The summed E-state index contributed by atoms with van der Waals surface area (Å²) in [7, 11) is 0. The topological polar surface area (TPSA) is 71.1 Å². The molecule has 1 aromatic heterocycles. The molecule has 0 unspecified atom stereocenters. The summed E-state index contributed by atoms with van der Waals surface area (Å²) in [6.07, 6.45) is 5.72. The van der Waals surface area contributed by atoms with Crippen molar-refractivity contribution in [1.29, 1.82) is 0 Å². The summed E-state index contributed by atoms with van der Waals surface area (Å²) in [5.41, 5.74) is 3.25. The maximum Gasteiger partial charge on any atom is 0.227 e. The first-order valence-corrected chi connectivity index (χ1v) is 9.80. The molecule has 2 aromatic rings. The second-order valence-corrected chi connectivity index (χ2v) is 7.90. The smallest absolute Gasteiger partial charge is 0.227 e. The van der Waals surface area contributed by atoms with Gasteiger partial charge in [-0.25, -0.2) is 4.98 Å². The molecule has 3 rings (SSSR count). The summed E-state index contributed by atoms with van der Waals surface area (Å²) in [5, 5.41) is 6.36. The highest BCUT2D eigenvalue weighted by Gasteiger charge is 2.20. The van der Waals surface area contributed by atoms with Crippen LogP contribution in [0.4, 0.5) is 5.13 Å². The van der Waals surface area contributed by atoms with Crippen molar-refractivity contribution in [3.8, 4) is 0 Å². The standard InChI is InChI=1S/C19H25N3O2S/c1-12-10-13(2)17-15(11-12)25-19(22-17)21-16(23)8-9-20-18(24)14-6-4-3-5-7-14/h10-11,14H,3-9H2,1-2H3,(H,20,24)(H,21,22,23). The van der Waals surface area contributed by atoms with Gasteiger partial charge in [0.05, 0.1) is 10.2 Å². The lowest BCUT2D eigenvalue weighted by molar-refractivity contribution is -0.126. The summed E-state index contributed by atoms with van der Waals surface area (Å²) in [6, 6.07) is 4.18. The van der Waals surface area contributed by atoms with Crippen LogP contribution in [0, 0.1) is 19.8 Å². The Bertz CT molecular complexity index is 778. The quantitative estimate of drug-likeness (QED) is 0.849. The summed E-state index contributed by atoms with van der Waals surface area (Å²) in [4.78, 5) is 28.7. The molecule has 5 nitrogen and oxygen atoms in total. The Kier molecular flexibility index (Phi) is 5.68. The van der Waals surface area contributed by atoms with E-state index >= 15 is 0 Å². The number of hydrogen-bond donors (Lipinski definition) is 2. The number of nitrogens with one attached hydrogen (secondary N) is 2. The van der Waals surface area contributed by atoms with Gasteiger partial charge in [-0.2, -0.15) is 0 Å². The maximum atomic E-state index is 12.1. The number of aryl methyl sites for hydroxylation is 2. The van der Waals surface area contributed by atoms with E-state index < -0.39 is 0 Å². The molecule has 0 aliphatic heterocycles. The number of thiazole rings is 1. The fourth-order valence-electron chi connectivity index (χ4n) is 3.41. The van der Waals surface area contributed by atoms with Gasteiger partial charge in [0.1, 0.15) is 0 Å². The highest BCUT2D eigenvalue weighted by Crippen LogP contribution is 2.29. The van der Waals surface area contributed by atoms with Gasteiger partial charge < -0.3 is 10.6 Å². The Morgan fingerprint density at radius 3 is 2.72 bits per heavy atom. The van der Waals surface area contributed by atoms with Crippen LogP contribution in [0.2, 0.25) is 0 Å². The second kappa shape index (κ2) is 7.95. The molecule has 134 valence electrons. The number of aromatic nitrogens is 1. The van der Waals surface area contributed by atoms with Crippen LogP contribution in [-0.2, 0) is 9.59 Å². The lowest BCUT2D eigenvalue weighted by Crippen LogP contribution is -2.34. The summed E-state index contributed by atoms with van der Waals surface area (Å²) in [6.45, 7) is 4.46. The number of anilines is 1. The van der Waals surface area contributed by atoms with Crippen molar-refractivity contribution in [2.45, 2.75) is 52.4 Å². The van der Waals surface area contributed by atoms with E-state index in [1.807, 2.05) is 6.92 Å². The minimum absolute atomic E-state index is 0.0959. The van der Waals surface area contributed by atoms with Crippen LogP contribution in [0.15, 0.2) is 12.1 Å². The highest BCUT2D eigenvalue weighted by molar-refractivity contribution is 7.22. The van der Waals surface area contributed by atoms with Crippen molar-refractivity contribution in [2.24, 2.45) is 5.92 Å². The normalized spacial score (nSPS) is 15.3. The zero-order valence-electron chi connectivity index (χ0n) is 14.9. The molecule has 1 aliphatic carbocycles. The Balaban J connectivity index is 1.49. The second-order valence-electron chi connectivity index (χ2n) is 6.87. The number of carbonyl (C=O) groups excluding carboxylic acids is 2. The van der Waals surface area contributed by atoms with Crippen LogP contribution >= 0.6 is 11.3 Å². The van der Waals surface area contributed by atoms with Crippen molar-refractivity contribution in [3.63, 3.8) is 0 Å². The van der Waals surface area contributed by atoms with Crippen LogP contribution in [0.5, 0.6) is 0 Å². The largest absolute Gasteiger partial charge is 0.355 e. The van der Waals surface area contributed by atoms with Crippen LogP contribution in [0.1, 0.15) is 49.7 Å². The van der Waals surface area contributed by atoms with Crippen LogP contribution in [0.3, 0.4) is 0 Å². The molecule has 0 spiro atoms. The van der Waals surface area contributed by atoms with Crippen molar-refractivity contribution < 1.29 is 9.59 Å². The van der Waals surface area contributed by atoms with Crippen molar-refractivity contribution in [3.05, 3.63) is 23.3 Å². The third kappa shape index (κ3) is 4.57. The molecule has 2 amide bonds. The number of carbonyl (C=O) groups is 2. The van der Waals surface area contributed by atoms with Gasteiger partial charge >= 0.3 is 0 Å².